The molecule has 0 spiro atoms. The molecule has 3 rings (SSSR count). The molecule has 1 aromatic heterocycles. The van der Waals surface area contributed by atoms with E-state index in [1.165, 1.54) is 13.2 Å². The fourth-order valence-corrected chi connectivity index (χ4v) is 3.35. The van der Waals surface area contributed by atoms with Crippen LogP contribution in [0.15, 0.2) is 42.5 Å². The van der Waals surface area contributed by atoms with E-state index in [0.29, 0.717) is 24.3 Å². The summed E-state index contributed by atoms with van der Waals surface area (Å²) in [6.07, 6.45) is -2.65. The summed E-state index contributed by atoms with van der Waals surface area (Å²) in [4.78, 5) is 18.4. The summed E-state index contributed by atoms with van der Waals surface area (Å²) in [6, 6.07) is 10.5. The second-order valence-corrected chi connectivity index (χ2v) is 6.64. The van der Waals surface area contributed by atoms with Crippen molar-refractivity contribution in [3.05, 3.63) is 53.7 Å². The van der Waals surface area contributed by atoms with Gasteiger partial charge >= 0.3 is 6.18 Å². The molecule has 1 amide bonds. The lowest BCUT2D eigenvalue weighted by molar-refractivity contribution is -0.137. The van der Waals surface area contributed by atoms with Crippen molar-refractivity contribution < 1.29 is 22.7 Å². The number of carbonyl (C=O) groups is 1. The number of alkyl halides is 3. The third kappa shape index (κ3) is 4.66. The first-order chi connectivity index (χ1) is 12.9. The van der Waals surface area contributed by atoms with E-state index >= 15 is 0 Å². The average Bonchev–Trinajstić information content (AvgIpc) is 2.68. The summed E-state index contributed by atoms with van der Waals surface area (Å²) < 4.78 is 43.8. The number of hydrogen-bond acceptors (Lipinski definition) is 3. The number of nitrogens with zero attached hydrogens (tertiary/aromatic N) is 2. The number of rotatable bonds is 4. The SMILES string of the molecule is COCC(=O)N1CCC[C@H](c2cccc(-c3cccc(C(F)(F)F)c3)n2)C1. The van der Waals surface area contributed by atoms with Gasteiger partial charge in [-0.05, 0) is 37.1 Å². The molecule has 27 heavy (non-hydrogen) atoms. The highest BCUT2D eigenvalue weighted by Crippen LogP contribution is 2.32. The summed E-state index contributed by atoms with van der Waals surface area (Å²) in [5.41, 5.74) is 1.02. The van der Waals surface area contributed by atoms with Gasteiger partial charge < -0.3 is 9.64 Å². The number of amides is 1. The van der Waals surface area contributed by atoms with E-state index in [2.05, 4.69) is 4.98 Å². The van der Waals surface area contributed by atoms with Crippen LogP contribution in [0.1, 0.15) is 30.0 Å². The molecule has 0 aliphatic carbocycles. The molecule has 0 N–H and O–H groups in total. The van der Waals surface area contributed by atoms with Crippen molar-refractivity contribution in [2.75, 3.05) is 26.8 Å². The second kappa shape index (κ2) is 8.08. The Hall–Kier alpha value is -2.41. The quantitative estimate of drug-likeness (QED) is 0.804. The molecule has 1 aromatic carbocycles. The number of likely N-dealkylation sites (tertiary alicyclic amines) is 1. The molecule has 4 nitrogen and oxygen atoms in total. The molecule has 0 unspecified atom stereocenters. The molecule has 0 radical (unpaired) electrons. The normalized spacial score (nSPS) is 17.8. The monoisotopic (exact) mass is 378 g/mol. The van der Waals surface area contributed by atoms with Crippen LogP contribution >= 0.6 is 0 Å². The highest BCUT2D eigenvalue weighted by Gasteiger charge is 2.30. The molecule has 7 heteroatoms. The maximum Gasteiger partial charge on any atom is 0.416 e. The van der Waals surface area contributed by atoms with E-state index in [-0.39, 0.29) is 18.4 Å². The van der Waals surface area contributed by atoms with Crippen LogP contribution in [-0.4, -0.2) is 42.6 Å². The molecule has 1 fully saturated rings. The van der Waals surface area contributed by atoms with Crippen LogP contribution in [0.25, 0.3) is 11.3 Å². The zero-order valence-electron chi connectivity index (χ0n) is 15.0. The molecule has 1 saturated heterocycles. The Kier molecular flexibility index (Phi) is 5.79. The summed E-state index contributed by atoms with van der Waals surface area (Å²) in [5.74, 6) is 0.00142. The lowest BCUT2D eigenvalue weighted by atomic mass is 9.93. The van der Waals surface area contributed by atoms with E-state index in [1.54, 1.807) is 23.1 Å². The largest absolute Gasteiger partial charge is 0.416 e. The molecule has 0 saturated carbocycles. The predicted molar refractivity (Wildman–Crippen MR) is 95.1 cm³/mol. The van der Waals surface area contributed by atoms with Crippen molar-refractivity contribution in [3.63, 3.8) is 0 Å². The van der Waals surface area contributed by atoms with Crippen molar-refractivity contribution in [1.82, 2.24) is 9.88 Å². The Bertz CT molecular complexity index is 808. The number of methoxy groups -OCH3 is 1. The first-order valence-electron chi connectivity index (χ1n) is 8.80. The van der Waals surface area contributed by atoms with Crippen molar-refractivity contribution in [2.24, 2.45) is 0 Å². The molecular weight excluding hydrogens is 357 g/mol. The fourth-order valence-electron chi connectivity index (χ4n) is 3.35. The first-order valence-corrected chi connectivity index (χ1v) is 8.80. The van der Waals surface area contributed by atoms with Gasteiger partial charge in [0, 0.05) is 37.4 Å². The van der Waals surface area contributed by atoms with Crippen LogP contribution < -0.4 is 0 Å². The van der Waals surface area contributed by atoms with Gasteiger partial charge in [0.25, 0.3) is 0 Å². The topological polar surface area (TPSA) is 42.4 Å². The van der Waals surface area contributed by atoms with E-state index in [1.807, 2.05) is 6.07 Å². The zero-order chi connectivity index (χ0) is 19.4. The minimum Gasteiger partial charge on any atom is -0.375 e. The number of aromatic nitrogens is 1. The van der Waals surface area contributed by atoms with Gasteiger partial charge in [0.05, 0.1) is 11.3 Å². The number of halogens is 3. The zero-order valence-corrected chi connectivity index (χ0v) is 15.0. The Balaban J connectivity index is 1.83. The fraction of sp³-hybridized carbons (Fsp3) is 0.400. The van der Waals surface area contributed by atoms with Gasteiger partial charge in [-0.2, -0.15) is 13.2 Å². The number of benzene rings is 1. The highest BCUT2D eigenvalue weighted by molar-refractivity contribution is 5.77. The molecule has 2 heterocycles. The molecule has 1 atom stereocenters. The van der Waals surface area contributed by atoms with Crippen LogP contribution in [0.2, 0.25) is 0 Å². The summed E-state index contributed by atoms with van der Waals surface area (Å²) in [7, 11) is 1.49. The lowest BCUT2D eigenvalue weighted by Crippen LogP contribution is -2.41. The molecular formula is C20H21F3N2O2. The Morgan fingerprint density at radius 1 is 1.26 bits per heavy atom. The van der Waals surface area contributed by atoms with Gasteiger partial charge in [0.2, 0.25) is 5.91 Å². The molecule has 2 aromatic rings. The minimum atomic E-state index is -4.39. The minimum absolute atomic E-state index is 0.0461. The van der Waals surface area contributed by atoms with Crippen LogP contribution in [0.5, 0.6) is 0 Å². The van der Waals surface area contributed by atoms with Gasteiger partial charge in [0.15, 0.2) is 0 Å². The molecule has 1 aliphatic heterocycles. The first kappa shape index (κ1) is 19.4. The predicted octanol–water partition coefficient (Wildman–Crippen LogP) is 4.12. The van der Waals surface area contributed by atoms with Gasteiger partial charge in [0.1, 0.15) is 6.61 Å². The van der Waals surface area contributed by atoms with Crippen LogP contribution in [0, 0.1) is 0 Å². The number of hydrogen-bond donors (Lipinski definition) is 0. The smallest absolute Gasteiger partial charge is 0.375 e. The molecule has 0 bridgehead atoms. The summed E-state index contributed by atoms with van der Waals surface area (Å²) >= 11 is 0. The van der Waals surface area contributed by atoms with Gasteiger partial charge in [-0.3, -0.25) is 9.78 Å². The number of carbonyl (C=O) groups excluding carboxylic acids is 1. The summed E-state index contributed by atoms with van der Waals surface area (Å²) in [5, 5.41) is 0. The lowest BCUT2D eigenvalue weighted by Gasteiger charge is -2.32. The maximum absolute atomic E-state index is 13.0. The number of piperidine rings is 1. The Labute approximate surface area is 156 Å². The third-order valence-electron chi connectivity index (χ3n) is 4.72. The van der Waals surface area contributed by atoms with Gasteiger partial charge in [-0.15, -0.1) is 0 Å². The van der Waals surface area contributed by atoms with Crippen LogP contribution in [-0.2, 0) is 15.7 Å². The van der Waals surface area contributed by atoms with E-state index < -0.39 is 11.7 Å². The van der Waals surface area contributed by atoms with E-state index in [4.69, 9.17) is 4.74 Å². The standard InChI is InChI=1S/C20H21F3N2O2/c1-27-13-19(26)25-10-4-6-15(12-25)18-9-3-8-17(24-18)14-5-2-7-16(11-14)20(21,22)23/h2-3,5,7-9,11,15H,4,6,10,12-13H2,1H3/t15-/m0/s1. The van der Waals surface area contributed by atoms with E-state index in [9.17, 15) is 18.0 Å². The third-order valence-corrected chi connectivity index (χ3v) is 4.72. The Morgan fingerprint density at radius 3 is 2.78 bits per heavy atom. The van der Waals surface area contributed by atoms with Crippen LogP contribution in [0.3, 0.4) is 0 Å². The van der Waals surface area contributed by atoms with Crippen molar-refractivity contribution >= 4 is 5.91 Å². The van der Waals surface area contributed by atoms with Crippen LogP contribution in [0.4, 0.5) is 13.2 Å². The van der Waals surface area contributed by atoms with Gasteiger partial charge in [-0.25, -0.2) is 0 Å². The Morgan fingerprint density at radius 2 is 2.04 bits per heavy atom. The highest BCUT2D eigenvalue weighted by atomic mass is 19.4. The molecule has 144 valence electrons. The van der Waals surface area contributed by atoms with Crippen molar-refractivity contribution in [3.8, 4) is 11.3 Å². The number of ether oxygens (including phenoxy) is 1. The average molecular weight is 378 g/mol. The van der Waals surface area contributed by atoms with Crippen molar-refractivity contribution in [2.45, 2.75) is 24.9 Å². The maximum atomic E-state index is 13.0. The van der Waals surface area contributed by atoms with E-state index in [0.717, 1.165) is 30.7 Å². The number of pyridine rings is 1. The summed E-state index contributed by atoms with van der Waals surface area (Å²) in [6.45, 7) is 1.28. The van der Waals surface area contributed by atoms with Gasteiger partial charge in [-0.1, -0.05) is 18.2 Å². The second-order valence-electron chi connectivity index (χ2n) is 6.64. The van der Waals surface area contributed by atoms with Crippen molar-refractivity contribution in [1.29, 1.82) is 0 Å². The molecule has 1 aliphatic rings.